The van der Waals surface area contributed by atoms with Gasteiger partial charge in [0.1, 0.15) is 0 Å². The van der Waals surface area contributed by atoms with Gasteiger partial charge >= 0.3 is 12.3 Å². The highest BCUT2D eigenvalue weighted by Crippen LogP contribution is 2.31. The van der Waals surface area contributed by atoms with Crippen molar-refractivity contribution in [3.05, 3.63) is 29.8 Å². The highest BCUT2D eigenvalue weighted by atomic mass is 19.4. The van der Waals surface area contributed by atoms with Gasteiger partial charge in [0.15, 0.2) is 0 Å². The summed E-state index contributed by atoms with van der Waals surface area (Å²) >= 11 is 0. The maximum Gasteiger partial charge on any atom is 0.485 e. The van der Waals surface area contributed by atoms with E-state index in [2.05, 4.69) is 4.74 Å². The van der Waals surface area contributed by atoms with Gasteiger partial charge in [-0.15, -0.1) is 0 Å². The number of halogens is 3. The van der Waals surface area contributed by atoms with Crippen molar-refractivity contribution in [1.82, 2.24) is 0 Å². The van der Waals surface area contributed by atoms with Crippen molar-refractivity contribution in [2.24, 2.45) is 0 Å². The van der Waals surface area contributed by atoms with Gasteiger partial charge in [-0.3, -0.25) is 4.90 Å². The molecule has 3 nitrogen and oxygen atoms in total. The molecule has 100 valence electrons. The Morgan fingerprint density at radius 1 is 1.33 bits per heavy atom. The van der Waals surface area contributed by atoms with Crippen LogP contribution < -0.4 is 4.90 Å². The van der Waals surface area contributed by atoms with E-state index in [9.17, 15) is 18.0 Å². The smallest absolute Gasteiger partial charge is 0.465 e. The zero-order chi connectivity index (χ0) is 13.9. The van der Waals surface area contributed by atoms with Gasteiger partial charge in [-0.1, -0.05) is 6.07 Å². The first kappa shape index (κ1) is 14.3. The lowest BCUT2D eigenvalue weighted by molar-refractivity contribution is -0.133. The number of anilines is 1. The summed E-state index contributed by atoms with van der Waals surface area (Å²) in [4.78, 5) is 11.6. The minimum atomic E-state index is -4.50. The maximum absolute atomic E-state index is 12.9. The quantitative estimate of drug-likeness (QED) is 0.618. The number of ether oxygens (including phenoxy) is 1. The number of benzene rings is 1. The molecule has 0 fully saturated rings. The minimum absolute atomic E-state index is 0.0830. The summed E-state index contributed by atoms with van der Waals surface area (Å²) in [6.45, 7) is 2.86. The number of hydrogen-bond acceptors (Lipinski definition) is 3. The Balaban J connectivity index is 3.18. The molecule has 0 N–H and O–H groups in total. The van der Waals surface area contributed by atoms with Crippen LogP contribution in [0.3, 0.4) is 0 Å². The number of alkyl halides is 3. The summed E-state index contributed by atoms with van der Waals surface area (Å²) in [7, 11) is 1.18. The summed E-state index contributed by atoms with van der Waals surface area (Å²) in [5.41, 5.74) is 0.00491. The van der Waals surface area contributed by atoms with Crippen molar-refractivity contribution in [3.63, 3.8) is 0 Å². The largest absolute Gasteiger partial charge is 0.485 e. The van der Waals surface area contributed by atoms with Crippen molar-refractivity contribution in [2.45, 2.75) is 26.2 Å². The third-order valence-corrected chi connectivity index (χ3v) is 2.33. The van der Waals surface area contributed by atoms with E-state index in [1.54, 1.807) is 0 Å². The van der Waals surface area contributed by atoms with Crippen molar-refractivity contribution >= 4 is 11.7 Å². The molecular formula is C12H14F3NO2. The van der Waals surface area contributed by atoms with E-state index in [1.807, 2.05) is 0 Å². The summed E-state index contributed by atoms with van der Waals surface area (Å²) in [6, 6.07) is 4.50. The molecule has 0 unspecified atom stereocenters. The Kier molecular flexibility index (Phi) is 4.21. The molecule has 0 aromatic heterocycles. The fourth-order valence-electron chi connectivity index (χ4n) is 1.64. The minimum Gasteiger partial charge on any atom is -0.465 e. The van der Waals surface area contributed by atoms with Crippen LogP contribution in [-0.4, -0.2) is 25.4 Å². The highest BCUT2D eigenvalue weighted by Gasteiger charge is 2.39. The Bertz CT molecular complexity index is 430. The van der Waals surface area contributed by atoms with Crippen LogP contribution in [-0.2, 0) is 4.74 Å². The van der Waals surface area contributed by atoms with Crippen LogP contribution in [0.15, 0.2) is 24.3 Å². The third kappa shape index (κ3) is 3.15. The van der Waals surface area contributed by atoms with Gasteiger partial charge in [0, 0.05) is 11.7 Å². The topological polar surface area (TPSA) is 29.5 Å². The standard InChI is InChI=1S/C12H14F3NO2/c1-8(2)16(12(13,14)15)10-6-4-5-9(7-10)11(17)18-3/h4-8H,1-3H3. The van der Waals surface area contributed by atoms with Gasteiger partial charge in [0.2, 0.25) is 0 Å². The first-order valence-electron chi connectivity index (χ1n) is 5.31. The molecule has 1 aromatic carbocycles. The summed E-state index contributed by atoms with van der Waals surface area (Å²) in [6.07, 6.45) is -4.50. The number of carbonyl (C=O) groups excluding carboxylic acids is 1. The van der Waals surface area contributed by atoms with Crippen LogP contribution >= 0.6 is 0 Å². The SMILES string of the molecule is COC(=O)c1cccc(N(C(C)C)C(F)(F)F)c1. The van der Waals surface area contributed by atoms with Gasteiger partial charge in [-0.2, -0.15) is 13.2 Å². The van der Waals surface area contributed by atoms with E-state index in [4.69, 9.17) is 0 Å². The van der Waals surface area contributed by atoms with Gasteiger partial charge in [0.05, 0.1) is 12.7 Å². The number of rotatable bonds is 3. The van der Waals surface area contributed by atoms with Crippen LogP contribution in [0.1, 0.15) is 24.2 Å². The van der Waals surface area contributed by atoms with Crippen molar-refractivity contribution in [3.8, 4) is 0 Å². The predicted octanol–water partition coefficient (Wildman–Crippen LogP) is 3.21. The molecule has 0 atom stereocenters. The van der Waals surface area contributed by atoms with E-state index in [0.717, 1.165) is 0 Å². The molecule has 0 amide bonds. The first-order chi connectivity index (χ1) is 8.27. The maximum atomic E-state index is 12.9. The Morgan fingerprint density at radius 3 is 2.39 bits per heavy atom. The molecule has 6 heteroatoms. The Morgan fingerprint density at radius 2 is 1.94 bits per heavy atom. The number of hydrogen-bond donors (Lipinski definition) is 0. The summed E-state index contributed by atoms with van der Waals surface area (Å²) < 4.78 is 43.1. The third-order valence-electron chi connectivity index (χ3n) is 2.33. The van der Waals surface area contributed by atoms with E-state index in [0.29, 0.717) is 4.90 Å². The molecule has 1 aromatic rings. The molecule has 0 aliphatic carbocycles. The van der Waals surface area contributed by atoms with Crippen molar-refractivity contribution in [1.29, 1.82) is 0 Å². The normalized spacial score (nSPS) is 11.5. The fourth-order valence-corrected chi connectivity index (χ4v) is 1.64. The lowest BCUT2D eigenvalue weighted by atomic mass is 10.1. The molecule has 0 bridgehead atoms. The van der Waals surface area contributed by atoms with Crippen LogP contribution in [0.2, 0.25) is 0 Å². The van der Waals surface area contributed by atoms with Crippen LogP contribution in [0.4, 0.5) is 18.9 Å². The van der Waals surface area contributed by atoms with Crippen molar-refractivity contribution < 1.29 is 22.7 Å². The molecule has 0 spiro atoms. The molecule has 1 rings (SSSR count). The number of carbonyl (C=O) groups is 1. The van der Waals surface area contributed by atoms with Crippen molar-refractivity contribution in [2.75, 3.05) is 12.0 Å². The van der Waals surface area contributed by atoms with Crippen LogP contribution in [0.5, 0.6) is 0 Å². The number of methoxy groups -OCH3 is 1. The summed E-state index contributed by atoms with van der Waals surface area (Å²) in [5, 5.41) is 0. The monoisotopic (exact) mass is 261 g/mol. The molecule has 0 saturated carbocycles. The number of esters is 1. The van der Waals surface area contributed by atoms with Gasteiger partial charge < -0.3 is 4.74 Å². The molecule has 0 heterocycles. The zero-order valence-electron chi connectivity index (χ0n) is 10.3. The Hall–Kier alpha value is -1.72. The van der Waals surface area contributed by atoms with Gasteiger partial charge in [-0.25, -0.2) is 4.79 Å². The number of nitrogens with zero attached hydrogens (tertiary/aromatic N) is 1. The second-order valence-electron chi connectivity index (χ2n) is 3.97. The highest BCUT2D eigenvalue weighted by molar-refractivity contribution is 5.90. The second kappa shape index (κ2) is 5.29. The zero-order valence-corrected chi connectivity index (χ0v) is 10.3. The molecule has 0 saturated heterocycles. The average Bonchev–Trinajstić information content (AvgIpc) is 2.26. The van der Waals surface area contributed by atoms with Crippen LogP contribution in [0, 0.1) is 0 Å². The predicted molar refractivity (Wildman–Crippen MR) is 61.5 cm³/mol. The fraction of sp³-hybridized carbons (Fsp3) is 0.417. The van der Waals surface area contributed by atoms with Crippen LogP contribution in [0.25, 0.3) is 0 Å². The average molecular weight is 261 g/mol. The molecule has 18 heavy (non-hydrogen) atoms. The van der Waals surface area contributed by atoms with Gasteiger partial charge in [0.25, 0.3) is 0 Å². The molecule has 0 aliphatic heterocycles. The summed E-state index contributed by atoms with van der Waals surface area (Å²) in [5.74, 6) is -0.664. The molecular weight excluding hydrogens is 247 g/mol. The lowest BCUT2D eigenvalue weighted by Crippen LogP contribution is -2.43. The molecule has 0 aliphatic rings. The van der Waals surface area contributed by atoms with E-state index < -0.39 is 18.3 Å². The first-order valence-corrected chi connectivity index (χ1v) is 5.31. The molecule has 0 radical (unpaired) electrons. The Labute approximate surface area is 103 Å². The van der Waals surface area contributed by atoms with E-state index in [1.165, 1.54) is 45.2 Å². The lowest BCUT2D eigenvalue weighted by Gasteiger charge is -2.30. The van der Waals surface area contributed by atoms with Gasteiger partial charge in [-0.05, 0) is 32.0 Å². The van der Waals surface area contributed by atoms with E-state index in [-0.39, 0.29) is 11.3 Å². The van der Waals surface area contributed by atoms with E-state index >= 15 is 0 Å². The second-order valence-corrected chi connectivity index (χ2v) is 3.97.